The lowest BCUT2D eigenvalue weighted by molar-refractivity contribution is 0.0692. The van der Waals surface area contributed by atoms with Crippen molar-refractivity contribution in [2.75, 3.05) is 5.32 Å². The Labute approximate surface area is 130 Å². The van der Waals surface area contributed by atoms with Crippen LogP contribution in [0.4, 0.5) is 5.69 Å². The zero-order valence-electron chi connectivity index (χ0n) is 11.0. The van der Waals surface area contributed by atoms with Gasteiger partial charge in [0.1, 0.15) is 0 Å². The number of rotatable bonds is 4. The molecule has 0 bridgehead atoms. The molecule has 0 aromatic heterocycles. The Hall–Kier alpha value is -2.86. The molecule has 0 atom stereocenters. The van der Waals surface area contributed by atoms with E-state index in [4.69, 9.17) is 21.8 Å². The van der Waals surface area contributed by atoms with Gasteiger partial charge in [-0.1, -0.05) is 11.6 Å². The van der Waals surface area contributed by atoms with E-state index in [9.17, 15) is 14.4 Å². The first kappa shape index (κ1) is 15.5. The van der Waals surface area contributed by atoms with Crippen LogP contribution in [0.15, 0.2) is 42.5 Å². The highest BCUT2D eigenvalue weighted by Gasteiger charge is 2.19. The van der Waals surface area contributed by atoms with Crippen LogP contribution in [0.3, 0.4) is 0 Å². The third kappa shape index (κ3) is 3.42. The molecule has 0 radical (unpaired) electrons. The van der Waals surface area contributed by atoms with Crippen LogP contribution in [0, 0.1) is 0 Å². The molecule has 0 saturated carbocycles. The monoisotopic (exact) mass is 319 g/mol. The molecule has 0 fully saturated rings. The van der Waals surface area contributed by atoms with Gasteiger partial charge in [0.05, 0.1) is 16.7 Å². The lowest BCUT2D eigenvalue weighted by Gasteiger charge is -2.08. The standard InChI is InChI=1S/C15H10ClNO5/c16-9-2-4-10(5-3-9)17-13(18)11-6-1-8(14(19)20)7-12(11)15(21)22/h1-7H,(H,17,18)(H,19,20)(H,21,22). The van der Waals surface area contributed by atoms with Crippen LogP contribution in [0.1, 0.15) is 31.1 Å². The maximum absolute atomic E-state index is 12.2. The number of nitrogens with one attached hydrogen (secondary N) is 1. The number of hydrogen-bond acceptors (Lipinski definition) is 3. The van der Waals surface area contributed by atoms with E-state index in [2.05, 4.69) is 5.32 Å². The summed E-state index contributed by atoms with van der Waals surface area (Å²) in [5.74, 6) is -3.31. The smallest absolute Gasteiger partial charge is 0.336 e. The molecular formula is C15H10ClNO5. The molecule has 2 rings (SSSR count). The van der Waals surface area contributed by atoms with Crippen LogP contribution >= 0.6 is 11.6 Å². The molecule has 0 aliphatic carbocycles. The summed E-state index contributed by atoms with van der Waals surface area (Å²) in [5.41, 5.74) is -0.285. The summed E-state index contributed by atoms with van der Waals surface area (Å²) in [4.78, 5) is 34.2. The Morgan fingerprint density at radius 2 is 1.50 bits per heavy atom. The number of aromatic carboxylic acids is 2. The minimum Gasteiger partial charge on any atom is -0.478 e. The number of benzene rings is 2. The van der Waals surface area contributed by atoms with Crippen LogP contribution in [-0.4, -0.2) is 28.1 Å². The number of anilines is 1. The minimum absolute atomic E-state index is 0.132. The second-order valence-electron chi connectivity index (χ2n) is 4.33. The molecule has 112 valence electrons. The first-order valence-corrected chi connectivity index (χ1v) is 6.44. The lowest BCUT2D eigenvalue weighted by atomic mass is 10.0. The molecule has 2 aromatic carbocycles. The van der Waals surface area contributed by atoms with Crippen molar-refractivity contribution in [2.24, 2.45) is 0 Å². The molecule has 0 heterocycles. The van der Waals surface area contributed by atoms with E-state index in [1.54, 1.807) is 24.3 Å². The number of carbonyl (C=O) groups is 3. The molecular weight excluding hydrogens is 310 g/mol. The quantitative estimate of drug-likeness (QED) is 0.803. The predicted octanol–water partition coefficient (Wildman–Crippen LogP) is 2.99. The SMILES string of the molecule is O=C(O)c1ccc(C(=O)Nc2ccc(Cl)cc2)c(C(=O)O)c1. The van der Waals surface area contributed by atoms with Crippen molar-refractivity contribution in [2.45, 2.75) is 0 Å². The van der Waals surface area contributed by atoms with Crippen molar-refractivity contribution < 1.29 is 24.6 Å². The highest BCUT2D eigenvalue weighted by atomic mass is 35.5. The van der Waals surface area contributed by atoms with Gasteiger partial charge < -0.3 is 15.5 Å². The summed E-state index contributed by atoms with van der Waals surface area (Å²) in [5, 5.41) is 21.0. The molecule has 7 heteroatoms. The van der Waals surface area contributed by atoms with Gasteiger partial charge in [0.25, 0.3) is 5.91 Å². The largest absolute Gasteiger partial charge is 0.478 e. The zero-order chi connectivity index (χ0) is 16.3. The fraction of sp³-hybridized carbons (Fsp3) is 0. The Kier molecular flexibility index (Phi) is 4.43. The van der Waals surface area contributed by atoms with Gasteiger partial charge in [0, 0.05) is 10.7 Å². The fourth-order valence-electron chi connectivity index (χ4n) is 1.78. The van der Waals surface area contributed by atoms with Crippen molar-refractivity contribution in [3.8, 4) is 0 Å². The van der Waals surface area contributed by atoms with Gasteiger partial charge in [-0.25, -0.2) is 9.59 Å². The lowest BCUT2D eigenvalue weighted by Crippen LogP contribution is -2.17. The summed E-state index contributed by atoms with van der Waals surface area (Å²) in [7, 11) is 0. The van der Waals surface area contributed by atoms with Gasteiger partial charge in [-0.2, -0.15) is 0 Å². The van der Waals surface area contributed by atoms with E-state index in [1.165, 1.54) is 6.07 Å². The second kappa shape index (κ2) is 6.28. The molecule has 2 aromatic rings. The zero-order valence-corrected chi connectivity index (χ0v) is 11.8. The molecule has 0 aliphatic heterocycles. The number of halogens is 1. The van der Waals surface area contributed by atoms with Gasteiger partial charge >= 0.3 is 11.9 Å². The fourth-order valence-corrected chi connectivity index (χ4v) is 1.91. The van der Waals surface area contributed by atoms with Gasteiger partial charge in [-0.15, -0.1) is 0 Å². The first-order chi connectivity index (χ1) is 10.4. The Bertz CT molecular complexity index is 755. The average Bonchev–Trinajstić information content (AvgIpc) is 2.48. The Balaban J connectivity index is 2.34. The topological polar surface area (TPSA) is 104 Å². The van der Waals surface area contributed by atoms with Crippen LogP contribution in [0.25, 0.3) is 0 Å². The summed E-state index contributed by atoms with van der Waals surface area (Å²) >= 11 is 5.73. The Morgan fingerprint density at radius 1 is 0.864 bits per heavy atom. The van der Waals surface area contributed by atoms with Crippen LogP contribution in [0.5, 0.6) is 0 Å². The normalized spacial score (nSPS) is 10.0. The summed E-state index contributed by atoms with van der Waals surface area (Å²) in [6, 6.07) is 9.55. The van der Waals surface area contributed by atoms with Crippen molar-refractivity contribution in [3.63, 3.8) is 0 Å². The number of carboxylic acids is 2. The molecule has 0 spiro atoms. The van der Waals surface area contributed by atoms with Gasteiger partial charge in [0.2, 0.25) is 0 Å². The maximum atomic E-state index is 12.2. The van der Waals surface area contributed by atoms with Gasteiger partial charge in [0.15, 0.2) is 0 Å². The first-order valence-electron chi connectivity index (χ1n) is 6.06. The number of carboxylic acid groups (broad SMARTS) is 2. The molecule has 0 aliphatic rings. The molecule has 1 amide bonds. The van der Waals surface area contributed by atoms with E-state index in [-0.39, 0.29) is 16.7 Å². The Morgan fingerprint density at radius 3 is 2.05 bits per heavy atom. The third-order valence-corrected chi connectivity index (χ3v) is 3.10. The molecule has 3 N–H and O–H groups in total. The summed E-state index contributed by atoms with van der Waals surface area (Å²) in [6.45, 7) is 0. The van der Waals surface area contributed by atoms with Crippen LogP contribution < -0.4 is 5.32 Å². The molecule has 22 heavy (non-hydrogen) atoms. The number of hydrogen-bond donors (Lipinski definition) is 3. The van der Waals surface area contributed by atoms with Crippen molar-refractivity contribution in [1.29, 1.82) is 0 Å². The van der Waals surface area contributed by atoms with E-state index < -0.39 is 17.8 Å². The number of carbonyl (C=O) groups excluding carboxylic acids is 1. The van der Waals surface area contributed by atoms with Crippen LogP contribution in [-0.2, 0) is 0 Å². The summed E-state index contributed by atoms with van der Waals surface area (Å²) < 4.78 is 0. The predicted molar refractivity (Wildman–Crippen MR) is 79.8 cm³/mol. The third-order valence-electron chi connectivity index (χ3n) is 2.84. The van der Waals surface area contributed by atoms with E-state index in [0.717, 1.165) is 12.1 Å². The van der Waals surface area contributed by atoms with Gasteiger partial charge in [-0.3, -0.25) is 4.79 Å². The highest BCUT2D eigenvalue weighted by Crippen LogP contribution is 2.17. The van der Waals surface area contributed by atoms with Crippen LogP contribution in [0.2, 0.25) is 5.02 Å². The number of amides is 1. The van der Waals surface area contributed by atoms with E-state index in [0.29, 0.717) is 10.7 Å². The van der Waals surface area contributed by atoms with Gasteiger partial charge in [-0.05, 0) is 42.5 Å². The molecule has 0 saturated heterocycles. The molecule has 6 nitrogen and oxygen atoms in total. The minimum atomic E-state index is -1.38. The van der Waals surface area contributed by atoms with E-state index >= 15 is 0 Å². The molecule has 0 unspecified atom stereocenters. The second-order valence-corrected chi connectivity index (χ2v) is 4.77. The van der Waals surface area contributed by atoms with E-state index in [1.807, 2.05) is 0 Å². The van der Waals surface area contributed by atoms with Crippen molar-refractivity contribution in [3.05, 3.63) is 64.2 Å². The van der Waals surface area contributed by atoms with Crippen molar-refractivity contribution in [1.82, 2.24) is 0 Å². The highest BCUT2D eigenvalue weighted by molar-refractivity contribution is 6.30. The van der Waals surface area contributed by atoms with Crippen molar-refractivity contribution >= 4 is 35.1 Å². The maximum Gasteiger partial charge on any atom is 0.336 e. The average molecular weight is 320 g/mol. The summed E-state index contributed by atoms with van der Waals surface area (Å²) in [6.07, 6.45) is 0.